The molecule has 7 heteroatoms. The highest BCUT2D eigenvalue weighted by molar-refractivity contribution is 6.25. The molecular formula is C33H25N3O4. The summed E-state index contributed by atoms with van der Waals surface area (Å²) in [6, 6.07) is 27.9. The number of anilines is 1. The van der Waals surface area contributed by atoms with Gasteiger partial charge in [-0.05, 0) is 53.8 Å². The molecule has 7 nitrogen and oxygen atoms in total. The van der Waals surface area contributed by atoms with Gasteiger partial charge in [-0.3, -0.25) is 24.7 Å². The number of imide groups is 1. The summed E-state index contributed by atoms with van der Waals surface area (Å²) >= 11 is 0. The third kappa shape index (κ3) is 3.09. The smallest absolute Gasteiger partial charge is 0.274 e. The molecular weight excluding hydrogens is 502 g/mol. The van der Waals surface area contributed by atoms with Crippen molar-refractivity contribution in [2.75, 3.05) is 4.90 Å². The van der Waals surface area contributed by atoms with Crippen LogP contribution in [0.25, 0.3) is 0 Å². The number of hydrogen-bond acceptors (Lipinski definition) is 5. The van der Waals surface area contributed by atoms with E-state index >= 15 is 0 Å². The Morgan fingerprint density at radius 1 is 0.850 bits per heavy atom. The van der Waals surface area contributed by atoms with Gasteiger partial charge in [0.2, 0.25) is 11.8 Å². The highest BCUT2D eigenvalue weighted by Crippen LogP contribution is 2.64. The molecule has 4 aliphatic rings. The van der Waals surface area contributed by atoms with Crippen LogP contribution in [0.15, 0.2) is 96.0 Å². The summed E-state index contributed by atoms with van der Waals surface area (Å²) in [6.45, 7) is 4.03. The third-order valence-corrected chi connectivity index (χ3v) is 8.76. The number of hydrogen-bond donors (Lipinski definition) is 0. The Bertz CT molecular complexity index is 1740. The van der Waals surface area contributed by atoms with Crippen LogP contribution in [0, 0.1) is 35.8 Å². The first-order valence-electron chi connectivity index (χ1n) is 13.3. The van der Waals surface area contributed by atoms with Gasteiger partial charge in [0.25, 0.3) is 5.69 Å². The van der Waals surface area contributed by atoms with Gasteiger partial charge in [-0.25, -0.2) is 4.90 Å². The Labute approximate surface area is 231 Å². The molecule has 1 heterocycles. The van der Waals surface area contributed by atoms with Crippen LogP contribution >= 0.6 is 0 Å². The number of aryl methyl sites for hydroxylation is 2. The minimum atomic E-state index is -1.03. The molecule has 1 saturated heterocycles. The first-order chi connectivity index (χ1) is 19.3. The van der Waals surface area contributed by atoms with E-state index in [1.54, 1.807) is 6.07 Å². The quantitative estimate of drug-likeness (QED) is 0.137. The maximum absolute atomic E-state index is 14.5. The molecule has 0 saturated carbocycles. The Morgan fingerprint density at radius 2 is 1.48 bits per heavy atom. The number of nitro groups is 1. The van der Waals surface area contributed by atoms with Crippen molar-refractivity contribution in [1.29, 1.82) is 0 Å². The van der Waals surface area contributed by atoms with Crippen molar-refractivity contribution >= 4 is 35.1 Å². The number of benzene rings is 4. The summed E-state index contributed by atoms with van der Waals surface area (Å²) < 4.78 is 0. The van der Waals surface area contributed by atoms with Crippen molar-refractivity contribution in [2.24, 2.45) is 16.8 Å². The topological polar surface area (TPSA) is 92.9 Å². The normalized spacial score (nSPS) is 24.2. The molecule has 4 aromatic rings. The van der Waals surface area contributed by atoms with Crippen molar-refractivity contribution in [3.63, 3.8) is 0 Å². The molecule has 1 fully saturated rings. The molecule has 0 unspecified atom stereocenters. The fraction of sp³-hybridized carbons (Fsp3) is 0.182. The van der Waals surface area contributed by atoms with Crippen LogP contribution in [0.3, 0.4) is 0 Å². The van der Waals surface area contributed by atoms with Crippen LogP contribution < -0.4 is 4.90 Å². The molecule has 0 spiro atoms. The standard InChI is InChI=1S/C33H25N3O4/c1-19-15-16-25(20(2)17-19)34-18-33-23-11-5-3-9-21(23)28(22-10-4-6-12-24(22)33)29-30(33)32(38)35(31(29)37)26-13-7-8-14-27(26)36(39)40/h3-18,28-30H,1-2H3/t28?,29-,30+,33?/m1/s1. The molecule has 196 valence electrons. The van der Waals surface area contributed by atoms with Crippen LogP contribution in [-0.2, 0) is 15.0 Å². The van der Waals surface area contributed by atoms with Crippen molar-refractivity contribution < 1.29 is 14.5 Å². The largest absolute Gasteiger partial charge is 0.293 e. The number of carbonyl (C=O) groups is 2. The lowest BCUT2D eigenvalue weighted by Gasteiger charge is -2.52. The summed E-state index contributed by atoms with van der Waals surface area (Å²) in [7, 11) is 0. The number of nitro benzene ring substituents is 1. The molecule has 2 bridgehead atoms. The second-order valence-corrected chi connectivity index (χ2v) is 10.8. The summed E-state index contributed by atoms with van der Waals surface area (Å²) in [4.78, 5) is 46.2. The van der Waals surface area contributed by atoms with Gasteiger partial charge in [-0.1, -0.05) is 78.4 Å². The monoisotopic (exact) mass is 527 g/mol. The lowest BCUT2D eigenvalue weighted by Crippen LogP contribution is -2.54. The van der Waals surface area contributed by atoms with Gasteiger partial charge in [0, 0.05) is 18.2 Å². The van der Waals surface area contributed by atoms with E-state index in [1.807, 2.05) is 80.7 Å². The van der Waals surface area contributed by atoms with E-state index in [-0.39, 0.29) is 17.3 Å². The second-order valence-electron chi connectivity index (χ2n) is 10.8. The van der Waals surface area contributed by atoms with E-state index in [4.69, 9.17) is 4.99 Å². The van der Waals surface area contributed by atoms with E-state index in [1.165, 1.54) is 18.2 Å². The molecule has 0 radical (unpaired) electrons. The van der Waals surface area contributed by atoms with E-state index in [9.17, 15) is 19.7 Å². The van der Waals surface area contributed by atoms with Gasteiger partial charge in [0.1, 0.15) is 5.69 Å². The average Bonchev–Trinajstić information content (AvgIpc) is 3.23. The fourth-order valence-corrected chi connectivity index (χ4v) is 7.22. The summed E-state index contributed by atoms with van der Waals surface area (Å²) in [5.74, 6) is -2.72. The first-order valence-corrected chi connectivity index (χ1v) is 13.3. The van der Waals surface area contributed by atoms with Crippen LogP contribution in [0.5, 0.6) is 0 Å². The first kappa shape index (κ1) is 24.2. The van der Waals surface area contributed by atoms with Gasteiger partial charge in [0.15, 0.2) is 0 Å². The van der Waals surface area contributed by atoms with Crippen LogP contribution in [0.4, 0.5) is 17.1 Å². The fourth-order valence-electron chi connectivity index (χ4n) is 7.22. The van der Waals surface area contributed by atoms with Crippen LogP contribution in [-0.4, -0.2) is 23.0 Å². The van der Waals surface area contributed by atoms with Gasteiger partial charge in [-0.2, -0.15) is 0 Å². The lowest BCUT2D eigenvalue weighted by atomic mass is 9.47. The zero-order chi connectivity index (χ0) is 27.8. The van der Waals surface area contributed by atoms with Crippen molar-refractivity contribution in [3.05, 3.63) is 134 Å². The highest BCUT2D eigenvalue weighted by atomic mass is 16.6. The molecule has 1 aliphatic heterocycles. The minimum absolute atomic E-state index is 0.00544. The van der Waals surface area contributed by atoms with Gasteiger partial charge in [0.05, 0.1) is 27.9 Å². The Kier molecular flexibility index (Phi) is 5.16. The molecule has 3 aliphatic carbocycles. The van der Waals surface area contributed by atoms with Crippen molar-refractivity contribution in [2.45, 2.75) is 25.2 Å². The lowest BCUT2D eigenvalue weighted by molar-refractivity contribution is -0.384. The van der Waals surface area contributed by atoms with Crippen molar-refractivity contribution in [1.82, 2.24) is 0 Å². The minimum Gasteiger partial charge on any atom is -0.274 e. The molecule has 4 aromatic carbocycles. The number of carbonyl (C=O) groups excluding carboxylic acids is 2. The summed E-state index contributed by atoms with van der Waals surface area (Å²) in [5, 5.41) is 11.9. The predicted molar refractivity (Wildman–Crippen MR) is 152 cm³/mol. The zero-order valence-electron chi connectivity index (χ0n) is 21.9. The Balaban J connectivity index is 1.51. The molecule has 40 heavy (non-hydrogen) atoms. The molecule has 2 amide bonds. The molecule has 0 N–H and O–H groups in total. The average molecular weight is 528 g/mol. The molecule has 8 rings (SSSR count). The van der Waals surface area contributed by atoms with Gasteiger partial charge >= 0.3 is 0 Å². The number of aliphatic imine (C=N–C) groups is 1. The summed E-state index contributed by atoms with van der Waals surface area (Å²) in [6.07, 6.45) is 1.85. The van der Waals surface area contributed by atoms with Gasteiger partial charge in [-0.15, -0.1) is 0 Å². The maximum Gasteiger partial charge on any atom is 0.293 e. The molecule has 0 aromatic heterocycles. The van der Waals surface area contributed by atoms with E-state index < -0.39 is 34.0 Å². The number of nitrogens with zero attached hydrogens (tertiary/aromatic N) is 3. The third-order valence-electron chi connectivity index (χ3n) is 8.76. The highest BCUT2D eigenvalue weighted by Gasteiger charge is 2.68. The van der Waals surface area contributed by atoms with E-state index in [2.05, 4.69) is 6.07 Å². The Morgan fingerprint density at radius 3 is 2.12 bits per heavy atom. The summed E-state index contributed by atoms with van der Waals surface area (Å²) in [5.41, 5.74) is 5.47. The van der Waals surface area contributed by atoms with Crippen LogP contribution in [0.2, 0.25) is 0 Å². The number of amides is 2. The van der Waals surface area contributed by atoms with E-state index in [0.717, 1.165) is 44.0 Å². The maximum atomic E-state index is 14.5. The molecule has 2 atom stereocenters. The van der Waals surface area contributed by atoms with Crippen LogP contribution in [0.1, 0.15) is 39.3 Å². The second kappa shape index (κ2) is 8.55. The number of rotatable bonds is 4. The van der Waals surface area contributed by atoms with Crippen molar-refractivity contribution in [3.8, 4) is 0 Å². The van der Waals surface area contributed by atoms with E-state index in [0.29, 0.717) is 0 Å². The zero-order valence-corrected chi connectivity index (χ0v) is 21.9. The number of para-hydroxylation sites is 2. The van der Waals surface area contributed by atoms with Gasteiger partial charge < -0.3 is 0 Å². The Hall–Kier alpha value is -4.91. The predicted octanol–water partition coefficient (Wildman–Crippen LogP) is 6.16. The SMILES string of the molecule is Cc1ccc(N=CC23c4ccccc4C(c4ccccc42)[C@H]2C(=O)N(c4ccccc4[N+](=O)[O-])C(=O)[C@H]23)c(C)c1.